The summed E-state index contributed by atoms with van der Waals surface area (Å²) >= 11 is 0. The van der Waals surface area contributed by atoms with E-state index < -0.39 is 23.5 Å². The van der Waals surface area contributed by atoms with E-state index in [9.17, 15) is 24.0 Å². The number of nitrogens with zero attached hydrogens (tertiary/aromatic N) is 3. The maximum absolute atomic E-state index is 13.7. The van der Waals surface area contributed by atoms with Gasteiger partial charge in [0.1, 0.15) is 13.2 Å². The third-order valence-electron chi connectivity index (χ3n) is 9.31. The molecule has 0 radical (unpaired) electrons. The molecule has 0 aliphatic carbocycles. The van der Waals surface area contributed by atoms with Gasteiger partial charge in [-0.25, -0.2) is 14.6 Å². The third kappa shape index (κ3) is 10.2. The Kier molecular flexibility index (Phi) is 14.7. The summed E-state index contributed by atoms with van der Waals surface area (Å²) in [4.78, 5) is 73.4. The van der Waals surface area contributed by atoms with Gasteiger partial charge in [-0.05, 0) is 43.9 Å². The lowest BCUT2D eigenvalue weighted by molar-refractivity contribution is -0.196. The zero-order valence-corrected chi connectivity index (χ0v) is 31.8. The topological polar surface area (TPSA) is 200 Å². The van der Waals surface area contributed by atoms with E-state index in [4.69, 9.17) is 39.2 Å². The van der Waals surface area contributed by atoms with Crippen molar-refractivity contribution in [2.75, 3.05) is 53.2 Å². The molecule has 2 aromatic heterocycles. The standard InChI is InChI=1S/C40H49N5O11/c1-4-6-13-34(46)44(3)56-36(48)26-53-20-19-52-18-17-51-16-15-42-23-29(41)11-9-14-35(47)55-40(5-2)31-22-33-37-28(21-27-10-7-8-12-32(27)43-37)24-45(33)38(49)30(31)25-54-39(40)50/h4,7-8,10,12,21-23,42H,1,5-6,9,11,13-20,24-26,41H2,2-3H3/b29-23-. The van der Waals surface area contributed by atoms with Crippen molar-refractivity contribution in [3.8, 4) is 11.4 Å². The van der Waals surface area contributed by atoms with Crippen LogP contribution >= 0.6 is 0 Å². The summed E-state index contributed by atoms with van der Waals surface area (Å²) in [5.41, 5.74) is 8.12. The molecule has 0 saturated carbocycles. The number of para-hydroxylation sites is 1. The molecule has 0 spiro atoms. The first kappa shape index (κ1) is 41.6. The molecule has 0 saturated heterocycles. The highest BCUT2D eigenvalue weighted by molar-refractivity contribution is 5.88. The second kappa shape index (κ2) is 19.8. The SMILES string of the molecule is C=CCCC(=O)N(C)OC(=O)COCCOCCOCCN/C=C(\N)CCCC(=O)OC1(CC)C(=O)OCc2c1cc1n(c2=O)Cc2cc3ccccc3nc2-1. The van der Waals surface area contributed by atoms with E-state index in [0.717, 1.165) is 21.5 Å². The molecule has 0 bridgehead atoms. The Bertz CT molecular complexity index is 2010. The van der Waals surface area contributed by atoms with Crippen LogP contribution in [-0.2, 0) is 66.5 Å². The Hall–Kier alpha value is -5.58. The largest absolute Gasteiger partial charge is 0.457 e. The van der Waals surface area contributed by atoms with Crippen LogP contribution in [0.5, 0.6) is 0 Å². The highest BCUT2D eigenvalue weighted by Crippen LogP contribution is 2.41. The number of aromatic nitrogens is 2. The van der Waals surface area contributed by atoms with Gasteiger partial charge in [0.2, 0.25) is 5.60 Å². The van der Waals surface area contributed by atoms with Crippen LogP contribution in [0.25, 0.3) is 22.3 Å². The van der Waals surface area contributed by atoms with Gasteiger partial charge < -0.3 is 44.1 Å². The van der Waals surface area contributed by atoms with Gasteiger partial charge in [0.05, 0.1) is 62.0 Å². The number of nitrogens with two attached hydrogens (primary N) is 1. The fourth-order valence-corrected chi connectivity index (χ4v) is 6.38. The molecule has 16 nitrogen and oxygen atoms in total. The molecular weight excluding hydrogens is 726 g/mol. The van der Waals surface area contributed by atoms with Crippen molar-refractivity contribution < 1.29 is 47.7 Å². The number of carbonyl (C=O) groups is 4. The van der Waals surface area contributed by atoms with Crippen molar-refractivity contribution in [1.29, 1.82) is 0 Å². The van der Waals surface area contributed by atoms with Crippen molar-refractivity contribution in [3.63, 3.8) is 0 Å². The predicted octanol–water partition coefficient (Wildman–Crippen LogP) is 3.12. The molecule has 5 rings (SSSR count). The van der Waals surface area contributed by atoms with Crippen molar-refractivity contribution in [3.05, 3.63) is 88.0 Å². The van der Waals surface area contributed by atoms with Crippen LogP contribution in [0.1, 0.15) is 62.1 Å². The van der Waals surface area contributed by atoms with Gasteiger partial charge in [0.15, 0.2) is 0 Å². The summed E-state index contributed by atoms with van der Waals surface area (Å²) in [5, 5.41) is 4.91. The number of nitrogens with one attached hydrogen (secondary N) is 1. The van der Waals surface area contributed by atoms with E-state index >= 15 is 0 Å². The van der Waals surface area contributed by atoms with Crippen molar-refractivity contribution in [1.82, 2.24) is 19.9 Å². The zero-order chi connectivity index (χ0) is 40.1. The lowest BCUT2D eigenvalue weighted by Gasteiger charge is -2.35. The number of hydrogen-bond acceptors (Lipinski definition) is 14. The van der Waals surface area contributed by atoms with Gasteiger partial charge in [-0.3, -0.25) is 14.4 Å². The molecule has 3 N–H and O–H groups in total. The number of carbonyl (C=O) groups excluding carboxylic acids is 4. The summed E-state index contributed by atoms with van der Waals surface area (Å²) in [6.07, 6.45) is 4.78. The number of cyclic esters (lactones) is 1. The number of rotatable bonds is 21. The maximum atomic E-state index is 13.7. The van der Waals surface area contributed by atoms with Gasteiger partial charge >= 0.3 is 17.9 Å². The number of pyridine rings is 2. The number of ether oxygens (including phenoxy) is 5. The first-order valence-electron chi connectivity index (χ1n) is 18.6. The Morgan fingerprint density at radius 1 is 1.04 bits per heavy atom. The lowest BCUT2D eigenvalue weighted by Crippen LogP contribution is -2.47. The average molecular weight is 776 g/mol. The number of hydroxylamine groups is 2. The number of allylic oxidation sites excluding steroid dienone is 2. The Labute approximate surface area is 324 Å². The van der Waals surface area contributed by atoms with E-state index in [1.165, 1.54) is 7.05 Å². The van der Waals surface area contributed by atoms with Crippen molar-refractivity contribution in [2.45, 2.75) is 64.2 Å². The molecule has 1 amide bonds. The van der Waals surface area contributed by atoms with Gasteiger partial charge in [0, 0.05) is 54.8 Å². The monoisotopic (exact) mass is 775 g/mol. The fourth-order valence-electron chi connectivity index (χ4n) is 6.38. The Morgan fingerprint density at radius 3 is 2.55 bits per heavy atom. The summed E-state index contributed by atoms with van der Waals surface area (Å²) in [5.74, 6) is -2.34. The molecule has 16 heteroatoms. The van der Waals surface area contributed by atoms with Gasteiger partial charge in [-0.1, -0.05) is 31.2 Å². The van der Waals surface area contributed by atoms with Crippen LogP contribution in [0, 0.1) is 0 Å². The highest BCUT2D eigenvalue weighted by Gasteiger charge is 2.50. The fraction of sp³-hybridized carbons (Fsp3) is 0.450. The van der Waals surface area contributed by atoms with Crippen LogP contribution in [0.4, 0.5) is 0 Å². The summed E-state index contributed by atoms with van der Waals surface area (Å²) in [6, 6.07) is 11.5. The molecule has 1 atom stereocenters. The quantitative estimate of drug-likeness (QED) is 0.0542. The van der Waals surface area contributed by atoms with E-state index in [1.54, 1.807) is 29.8 Å². The second-order valence-corrected chi connectivity index (χ2v) is 13.2. The molecule has 3 aromatic rings. The first-order chi connectivity index (χ1) is 27.1. The highest BCUT2D eigenvalue weighted by atomic mass is 16.7. The number of benzene rings is 1. The molecule has 2 aliphatic heterocycles. The van der Waals surface area contributed by atoms with E-state index in [2.05, 4.69) is 11.9 Å². The first-order valence-corrected chi connectivity index (χ1v) is 18.6. The summed E-state index contributed by atoms with van der Waals surface area (Å²) in [7, 11) is 1.37. The number of hydrogen-bond donors (Lipinski definition) is 2. The molecule has 1 aromatic carbocycles. The minimum atomic E-state index is -1.76. The summed E-state index contributed by atoms with van der Waals surface area (Å²) in [6.45, 7) is 7.06. The zero-order valence-electron chi connectivity index (χ0n) is 31.8. The maximum Gasteiger partial charge on any atom is 0.357 e. The number of esters is 2. The average Bonchev–Trinajstić information content (AvgIpc) is 3.55. The molecule has 1 unspecified atom stereocenters. The second-order valence-electron chi connectivity index (χ2n) is 13.2. The van der Waals surface area contributed by atoms with Crippen molar-refractivity contribution >= 4 is 34.7 Å². The minimum Gasteiger partial charge on any atom is -0.457 e. The normalized spacial score (nSPS) is 15.7. The molecule has 300 valence electrons. The Morgan fingerprint density at radius 2 is 1.79 bits per heavy atom. The Balaban J connectivity index is 0.991. The van der Waals surface area contributed by atoms with E-state index in [-0.39, 0.29) is 62.7 Å². The van der Waals surface area contributed by atoms with Gasteiger partial charge in [-0.2, -0.15) is 5.06 Å². The van der Waals surface area contributed by atoms with Crippen molar-refractivity contribution in [2.24, 2.45) is 5.73 Å². The van der Waals surface area contributed by atoms with E-state index in [0.29, 0.717) is 74.8 Å². The molecule has 0 fully saturated rings. The van der Waals surface area contributed by atoms with E-state index in [1.807, 2.05) is 30.3 Å². The van der Waals surface area contributed by atoms with Crippen LogP contribution in [-0.4, -0.2) is 91.7 Å². The molecule has 56 heavy (non-hydrogen) atoms. The van der Waals surface area contributed by atoms with Gasteiger partial charge in [0.25, 0.3) is 11.5 Å². The smallest absolute Gasteiger partial charge is 0.357 e. The van der Waals surface area contributed by atoms with Gasteiger partial charge in [-0.15, -0.1) is 6.58 Å². The van der Waals surface area contributed by atoms with Crippen LogP contribution in [0.3, 0.4) is 0 Å². The number of amides is 1. The van der Waals surface area contributed by atoms with Crippen LogP contribution < -0.4 is 16.6 Å². The van der Waals surface area contributed by atoms with Crippen LogP contribution in [0.15, 0.2) is 65.7 Å². The predicted molar refractivity (Wildman–Crippen MR) is 203 cm³/mol. The third-order valence-corrected chi connectivity index (χ3v) is 9.31. The van der Waals surface area contributed by atoms with Crippen LogP contribution in [0.2, 0.25) is 0 Å². The molecule has 4 heterocycles. The number of fused-ring (bicyclic) bond motifs is 5. The summed E-state index contributed by atoms with van der Waals surface area (Å²) < 4.78 is 29.1. The lowest BCUT2D eigenvalue weighted by atomic mass is 9.85. The minimum absolute atomic E-state index is 0.00772. The molecule has 2 aliphatic rings. The molecular formula is C40H49N5O11.